The van der Waals surface area contributed by atoms with E-state index in [4.69, 9.17) is 4.74 Å². The van der Waals surface area contributed by atoms with Crippen LogP contribution in [0, 0.1) is 0 Å². The predicted molar refractivity (Wildman–Crippen MR) is 81.8 cm³/mol. The second-order valence-electron chi connectivity index (χ2n) is 4.79. The fourth-order valence-electron chi connectivity index (χ4n) is 2.10. The van der Waals surface area contributed by atoms with E-state index in [-0.39, 0.29) is 18.9 Å². The van der Waals surface area contributed by atoms with Crippen molar-refractivity contribution in [1.82, 2.24) is 0 Å². The fraction of sp³-hybridized carbons (Fsp3) is 0.500. The van der Waals surface area contributed by atoms with E-state index in [1.165, 1.54) is 10.4 Å². The van der Waals surface area contributed by atoms with Crippen molar-refractivity contribution in [2.24, 2.45) is 0 Å². The molecule has 1 aliphatic rings. The fourth-order valence-corrected chi connectivity index (χ4v) is 4.13. The van der Waals surface area contributed by atoms with E-state index in [0.29, 0.717) is 23.5 Å². The smallest absolute Gasteiger partial charge is 0.232 e. The Balaban J connectivity index is 2.37. The van der Waals surface area contributed by atoms with Gasteiger partial charge in [-0.05, 0) is 24.6 Å². The maximum Gasteiger partial charge on any atom is 0.232 e. The summed E-state index contributed by atoms with van der Waals surface area (Å²) in [5.74, 6) is 0.432. The molecule has 1 aromatic rings. The Hall–Kier alpha value is -1.48. The summed E-state index contributed by atoms with van der Waals surface area (Å²) in [6.45, 7) is 2.24. The van der Waals surface area contributed by atoms with Gasteiger partial charge >= 0.3 is 0 Å². The quantitative estimate of drug-likeness (QED) is 0.867. The molecule has 0 radical (unpaired) electrons. The SMILES string of the molecule is CCCS(=O)(=O)Nc1ccc2c(c1)N(S(C)(=O)=O)CCO2. The van der Waals surface area contributed by atoms with E-state index in [1.54, 1.807) is 19.1 Å². The van der Waals surface area contributed by atoms with Gasteiger partial charge in [0.25, 0.3) is 0 Å². The molecule has 1 aromatic carbocycles. The molecule has 0 amide bonds. The Morgan fingerprint density at radius 1 is 1.29 bits per heavy atom. The summed E-state index contributed by atoms with van der Waals surface area (Å²) in [7, 11) is -6.86. The monoisotopic (exact) mass is 334 g/mol. The molecule has 21 heavy (non-hydrogen) atoms. The standard InChI is InChI=1S/C12H18N2O5S2/c1-3-8-21(17,18)13-10-4-5-12-11(9-10)14(6-7-19-12)20(2,15)16/h4-5,9,13H,3,6-8H2,1-2H3. The van der Waals surface area contributed by atoms with Crippen LogP contribution in [0.4, 0.5) is 11.4 Å². The van der Waals surface area contributed by atoms with Crippen LogP contribution in [-0.4, -0.2) is 42.0 Å². The van der Waals surface area contributed by atoms with Crippen LogP contribution in [0.3, 0.4) is 0 Å². The summed E-state index contributed by atoms with van der Waals surface area (Å²) in [6, 6.07) is 4.59. The largest absolute Gasteiger partial charge is 0.489 e. The Bertz CT molecular complexity index is 728. The minimum atomic E-state index is -3.43. The second-order valence-corrected chi connectivity index (χ2v) is 8.54. The van der Waals surface area contributed by atoms with Gasteiger partial charge in [-0.15, -0.1) is 0 Å². The van der Waals surface area contributed by atoms with Crippen molar-refractivity contribution in [1.29, 1.82) is 0 Å². The van der Waals surface area contributed by atoms with E-state index >= 15 is 0 Å². The van der Waals surface area contributed by atoms with Crippen molar-refractivity contribution in [2.75, 3.05) is 34.2 Å². The molecule has 0 aromatic heterocycles. The number of sulfonamides is 2. The van der Waals surface area contributed by atoms with E-state index in [9.17, 15) is 16.8 Å². The van der Waals surface area contributed by atoms with E-state index < -0.39 is 20.0 Å². The second kappa shape index (κ2) is 5.72. The van der Waals surface area contributed by atoms with Gasteiger partial charge in [-0.2, -0.15) is 0 Å². The maximum atomic E-state index is 11.8. The lowest BCUT2D eigenvalue weighted by Gasteiger charge is -2.29. The summed E-state index contributed by atoms with van der Waals surface area (Å²) in [4.78, 5) is 0. The van der Waals surface area contributed by atoms with Gasteiger partial charge in [-0.1, -0.05) is 6.92 Å². The third kappa shape index (κ3) is 3.79. The first-order valence-electron chi connectivity index (χ1n) is 6.48. The van der Waals surface area contributed by atoms with Crippen molar-refractivity contribution in [2.45, 2.75) is 13.3 Å². The summed E-state index contributed by atoms with van der Waals surface area (Å²) in [5, 5.41) is 0. The Morgan fingerprint density at radius 3 is 2.62 bits per heavy atom. The van der Waals surface area contributed by atoms with Gasteiger partial charge in [0.2, 0.25) is 20.0 Å². The molecule has 0 fully saturated rings. The highest BCUT2D eigenvalue weighted by Gasteiger charge is 2.25. The highest BCUT2D eigenvalue weighted by molar-refractivity contribution is 7.92. The predicted octanol–water partition coefficient (Wildman–Crippen LogP) is 0.997. The summed E-state index contributed by atoms with van der Waals surface area (Å²) in [5.41, 5.74) is 0.668. The van der Waals surface area contributed by atoms with Gasteiger partial charge in [-0.25, -0.2) is 16.8 Å². The average Bonchev–Trinajstić information content (AvgIpc) is 2.36. The Labute approximate surface area is 125 Å². The van der Waals surface area contributed by atoms with Gasteiger partial charge in [-0.3, -0.25) is 9.03 Å². The van der Waals surface area contributed by atoms with Crippen molar-refractivity contribution in [3.63, 3.8) is 0 Å². The van der Waals surface area contributed by atoms with Crippen molar-refractivity contribution in [3.05, 3.63) is 18.2 Å². The average molecular weight is 334 g/mol. The molecule has 0 saturated carbocycles. The zero-order valence-electron chi connectivity index (χ0n) is 11.9. The van der Waals surface area contributed by atoms with Crippen molar-refractivity contribution >= 4 is 31.4 Å². The van der Waals surface area contributed by atoms with Crippen LogP contribution in [0.5, 0.6) is 5.75 Å². The minimum absolute atomic E-state index is 0.0103. The molecule has 0 unspecified atom stereocenters. The van der Waals surface area contributed by atoms with Crippen LogP contribution in [0.2, 0.25) is 0 Å². The number of anilines is 2. The molecule has 9 heteroatoms. The molecule has 2 rings (SSSR count). The van der Waals surface area contributed by atoms with Crippen molar-refractivity contribution < 1.29 is 21.6 Å². The lowest BCUT2D eigenvalue weighted by Crippen LogP contribution is -2.37. The van der Waals surface area contributed by atoms with E-state index in [2.05, 4.69) is 4.72 Å². The molecule has 0 spiro atoms. The molecular formula is C12H18N2O5S2. The van der Waals surface area contributed by atoms with Gasteiger partial charge < -0.3 is 4.74 Å². The number of hydrogen-bond donors (Lipinski definition) is 1. The molecule has 1 heterocycles. The van der Waals surface area contributed by atoms with E-state index in [1.807, 2.05) is 0 Å². The number of hydrogen-bond acceptors (Lipinski definition) is 5. The maximum absolute atomic E-state index is 11.8. The van der Waals surface area contributed by atoms with E-state index in [0.717, 1.165) is 6.26 Å². The number of nitrogens with one attached hydrogen (secondary N) is 1. The number of nitrogens with zero attached hydrogens (tertiary/aromatic N) is 1. The molecule has 1 aliphatic heterocycles. The first-order chi connectivity index (χ1) is 9.73. The topological polar surface area (TPSA) is 92.8 Å². The number of ether oxygens (including phenoxy) is 1. The first kappa shape index (κ1) is 15.9. The van der Waals surface area contributed by atoms with Gasteiger partial charge in [0, 0.05) is 0 Å². The van der Waals surface area contributed by atoms with Gasteiger partial charge in [0.1, 0.15) is 12.4 Å². The molecule has 7 nitrogen and oxygen atoms in total. The Morgan fingerprint density at radius 2 is 2.00 bits per heavy atom. The normalized spacial score (nSPS) is 15.2. The summed E-state index contributed by atoms with van der Waals surface area (Å²) in [6.07, 6.45) is 1.61. The number of rotatable bonds is 5. The molecule has 0 atom stereocenters. The Kier molecular flexibility index (Phi) is 4.33. The zero-order chi connectivity index (χ0) is 15.7. The van der Waals surface area contributed by atoms with Gasteiger partial charge in [0.15, 0.2) is 0 Å². The summed E-state index contributed by atoms with van der Waals surface area (Å²) >= 11 is 0. The van der Waals surface area contributed by atoms with Crippen LogP contribution in [0.15, 0.2) is 18.2 Å². The van der Waals surface area contributed by atoms with Crippen LogP contribution in [0.1, 0.15) is 13.3 Å². The highest BCUT2D eigenvalue weighted by atomic mass is 32.2. The minimum Gasteiger partial charge on any atom is -0.489 e. The van der Waals surface area contributed by atoms with Crippen LogP contribution < -0.4 is 13.8 Å². The number of benzene rings is 1. The van der Waals surface area contributed by atoms with Crippen molar-refractivity contribution in [3.8, 4) is 5.75 Å². The van der Waals surface area contributed by atoms with Crippen LogP contribution >= 0.6 is 0 Å². The first-order valence-corrected chi connectivity index (χ1v) is 9.98. The molecule has 118 valence electrons. The summed E-state index contributed by atoms with van der Waals surface area (Å²) < 4.78 is 56.2. The third-order valence-electron chi connectivity index (χ3n) is 2.93. The molecule has 0 aliphatic carbocycles. The van der Waals surface area contributed by atoms with Crippen LogP contribution in [-0.2, 0) is 20.0 Å². The molecule has 1 N–H and O–H groups in total. The molecular weight excluding hydrogens is 316 g/mol. The number of fused-ring (bicyclic) bond motifs is 1. The zero-order valence-corrected chi connectivity index (χ0v) is 13.5. The lowest BCUT2D eigenvalue weighted by molar-refractivity contribution is 0.316. The molecule has 0 bridgehead atoms. The lowest BCUT2D eigenvalue weighted by atomic mass is 10.2. The highest BCUT2D eigenvalue weighted by Crippen LogP contribution is 2.35. The third-order valence-corrected chi connectivity index (χ3v) is 5.60. The molecule has 0 saturated heterocycles. The van der Waals surface area contributed by atoms with Gasteiger partial charge in [0.05, 0.1) is 29.9 Å². The van der Waals surface area contributed by atoms with Crippen LogP contribution in [0.25, 0.3) is 0 Å².